The summed E-state index contributed by atoms with van der Waals surface area (Å²) in [7, 11) is 0. The third kappa shape index (κ3) is 3.67. The summed E-state index contributed by atoms with van der Waals surface area (Å²) >= 11 is 0. The molecule has 2 aliphatic rings. The minimum atomic E-state index is -0.0417. The molecule has 0 aromatic rings. The van der Waals surface area contributed by atoms with E-state index in [0.717, 1.165) is 44.8 Å². The van der Waals surface area contributed by atoms with Gasteiger partial charge in [0, 0.05) is 17.8 Å². The summed E-state index contributed by atoms with van der Waals surface area (Å²) in [6.07, 6.45) is 13.2. The first-order valence-electron chi connectivity index (χ1n) is 9.25. The predicted molar refractivity (Wildman–Crippen MR) is 95.1 cm³/mol. The number of hydrogen-bond donors (Lipinski definition) is 0. The Morgan fingerprint density at radius 1 is 1.09 bits per heavy atom. The lowest BCUT2D eigenvalue weighted by Crippen LogP contribution is -2.40. The molecule has 2 fully saturated rings. The van der Waals surface area contributed by atoms with Crippen LogP contribution in [0.15, 0.2) is 23.8 Å². The minimum Gasteiger partial charge on any atom is -0.299 e. The first-order chi connectivity index (χ1) is 10.9. The van der Waals surface area contributed by atoms with Gasteiger partial charge in [-0.15, -0.1) is 0 Å². The average molecular weight is 316 g/mol. The van der Waals surface area contributed by atoms with Crippen molar-refractivity contribution in [3.05, 3.63) is 23.8 Å². The van der Waals surface area contributed by atoms with Crippen molar-refractivity contribution < 1.29 is 9.59 Å². The number of carbonyl (C=O) groups excluding carboxylic acids is 2. The fourth-order valence-electron chi connectivity index (χ4n) is 5.01. The smallest absolute Gasteiger partial charge is 0.142 e. The predicted octanol–water partition coefficient (Wildman–Crippen LogP) is 5.14. The van der Waals surface area contributed by atoms with Crippen LogP contribution in [-0.4, -0.2) is 12.1 Å². The van der Waals surface area contributed by atoms with Crippen molar-refractivity contribution in [1.82, 2.24) is 0 Å². The highest BCUT2D eigenvalue weighted by molar-refractivity contribution is 5.80. The summed E-state index contributed by atoms with van der Waals surface area (Å²) in [6.45, 7) is 8.78. The van der Waals surface area contributed by atoms with Crippen LogP contribution in [-0.2, 0) is 9.59 Å². The Balaban J connectivity index is 2.41. The van der Waals surface area contributed by atoms with Gasteiger partial charge >= 0.3 is 0 Å². The summed E-state index contributed by atoms with van der Waals surface area (Å²) in [4.78, 5) is 23.4. The Labute approximate surface area is 141 Å². The summed E-state index contributed by atoms with van der Waals surface area (Å²) in [5, 5.41) is 0. The highest BCUT2D eigenvalue weighted by Crippen LogP contribution is 2.54. The molecule has 128 valence electrons. The number of hydrogen-bond acceptors (Lipinski definition) is 2. The average Bonchev–Trinajstić information content (AvgIpc) is 2.57. The van der Waals surface area contributed by atoms with E-state index < -0.39 is 0 Å². The Hall–Kier alpha value is -1.18. The van der Waals surface area contributed by atoms with E-state index >= 15 is 0 Å². The molecule has 2 nitrogen and oxygen atoms in total. The largest absolute Gasteiger partial charge is 0.299 e. The van der Waals surface area contributed by atoms with Gasteiger partial charge in [0.25, 0.3) is 0 Å². The number of fused-ring (bicyclic) bond motifs is 1. The fourth-order valence-corrected chi connectivity index (χ4v) is 5.01. The molecule has 0 amide bonds. The maximum Gasteiger partial charge on any atom is 0.142 e. The molecule has 2 heteroatoms. The minimum absolute atomic E-state index is 0.0417. The van der Waals surface area contributed by atoms with Gasteiger partial charge in [0.05, 0.1) is 0 Å². The maximum atomic E-state index is 12.3. The van der Waals surface area contributed by atoms with Crippen molar-refractivity contribution in [2.45, 2.75) is 66.2 Å². The zero-order valence-electron chi connectivity index (χ0n) is 15.2. The summed E-state index contributed by atoms with van der Waals surface area (Å²) in [5.41, 5.74) is 1.23. The molecule has 2 rings (SSSR count). The van der Waals surface area contributed by atoms with Gasteiger partial charge in [-0.2, -0.15) is 0 Å². The molecule has 0 saturated heterocycles. The van der Waals surface area contributed by atoms with Crippen LogP contribution < -0.4 is 0 Å². The summed E-state index contributed by atoms with van der Waals surface area (Å²) in [6, 6.07) is 0. The van der Waals surface area contributed by atoms with Crippen molar-refractivity contribution >= 4 is 12.1 Å². The molecule has 0 spiro atoms. The van der Waals surface area contributed by atoms with Crippen LogP contribution in [0.5, 0.6) is 0 Å². The molecule has 0 bridgehead atoms. The number of Topliss-reactive ketones (excluding diaryl/α,β-unsaturated/α-hetero) is 1. The Kier molecular flexibility index (Phi) is 6.00. The van der Waals surface area contributed by atoms with Crippen LogP contribution in [0.1, 0.15) is 66.2 Å². The number of aldehydes is 1. The molecule has 0 heterocycles. The number of carbonyl (C=O) groups is 2. The van der Waals surface area contributed by atoms with Gasteiger partial charge < -0.3 is 0 Å². The molecule has 2 aliphatic carbocycles. The molecule has 0 radical (unpaired) electrons. The van der Waals surface area contributed by atoms with E-state index in [-0.39, 0.29) is 11.3 Å². The highest BCUT2D eigenvalue weighted by Gasteiger charge is 2.45. The van der Waals surface area contributed by atoms with Crippen LogP contribution in [0.4, 0.5) is 0 Å². The van der Waals surface area contributed by atoms with E-state index in [1.54, 1.807) is 6.08 Å². The van der Waals surface area contributed by atoms with E-state index in [2.05, 4.69) is 39.8 Å². The molecule has 0 aromatic heterocycles. The number of allylic oxidation sites excluding steroid dienone is 4. The van der Waals surface area contributed by atoms with Gasteiger partial charge in [-0.05, 0) is 62.9 Å². The second-order valence-corrected chi connectivity index (χ2v) is 7.88. The summed E-state index contributed by atoms with van der Waals surface area (Å²) < 4.78 is 0. The quantitative estimate of drug-likeness (QED) is 0.402. The molecule has 0 aliphatic heterocycles. The van der Waals surface area contributed by atoms with E-state index in [1.165, 1.54) is 5.57 Å². The monoisotopic (exact) mass is 316 g/mol. The van der Waals surface area contributed by atoms with E-state index in [4.69, 9.17) is 0 Å². The van der Waals surface area contributed by atoms with E-state index in [1.807, 2.05) is 0 Å². The van der Waals surface area contributed by atoms with Crippen LogP contribution in [0, 0.1) is 29.1 Å². The first-order valence-corrected chi connectivity index (χ1v) is 9.25. The topological polar surface area (TPSA) is 34.1 Å². The molecule has 0 N–H and O–H groups in total. The van der Waals surface area contributed by atoms with Crippen LogP contribution >= 0.6 is 0 Å². The lowest BCUT2D eigenvalue weighted by Gasteiger charge is -2.49. The standard InChI is InChI=1S/C21H32O2/c1-5-13-21(4)17(12-14-22)8-9-18-15(2)7-11-20(23)16(3)6-10-19(18)21/h5,12-16,18-19H,6-11H2,1-4H3/b13-5-,17-12-/t15?,16-,18?,19?,21?/m0/s1. The maximum absolute atomic E-state index is 12.3. The van der Waals surface area contributed by atoms with Crippen LogP contribution in [0.3, 0.4) is 0 Å². The molecule has 2 saturated carbocycles. The third-order valence-corrected chi connectivity index (χ3v) is 6.55. The van der Waals surface area contributed by atoms with Crippen LogP contribution in [0.2, 0.25) is 0 Å². The van der Waals surface area contributed by atoms with Crippen molar-refractivity contribution in [3.63, 3.8) is 0 Å². The zero-order chi connectivity index (χ0) is 17.0. The number of ketones is 1. The van der Waals surface area contributed by atoms with E-state index in [9.17, 15) is 9.59 Å². The second-order valence-electron chi connectivity index (χ2n) is 7.88. The fraction of sp³-hybridized carbons (Fsp3) is 0.714. The summed E-state index contributed by atoms with van der Waals surface area (Å²) in [5.74, 6) is 2.37. The Bertz CT molecular complexity index is 502. The second kappa shape index (κ2) is 7.59. The van der Waals surface area contributed by atoms with Gasteiger partial charge in [0.1, 0.15) is 12.1 Å². The zero-order valence-corrected chi connectivity index (χ0v) is 15.2. The molecule has 23 heavy (non-hydrogen) atoms. The van der Waals surface area contributed by atoms with Crippen molar-refractivity contribution in [1.29, 1.82) is 0 Å². The molecule has 4 unspecified atom stereocenters. The molecular weight excluding hydrogens is 284 g/mol. The Morgan fingerprint density at radius 3 is 2.48 bits per heavy atom. The van der Waals surface area contributed by atoms with Crippen LogP contribution in [0.25, 0.3) is 0 Å². The van der Waals surface area contributed by atoms with Crippen molar-refractivity contribution in [2.24, 2.45) is 29.1 Å². The van der Waals surface area contributed by atoms with Crippen molar-refractivity contribution in [3.8, 4) is 0 Å². The van der Waals surface area contributed by atoms with Crippen molar-refractivity contribution in [2.75, 3.05) is 0 Å². The van der Waals surface area contributed by atoms with Gasteiger partial charge in [-0.25, -0.2) is 0 Å². The Morgan fingerprint density at radius 2 is 1.83 bits per heavy atom. The molecular formula is C21H32O2. The van der Waals surface area contributed by atoms with Gasteiger partial charge in [0.2, 0.25) is 0 Å². The van der Waals surface area contributed by atoms with Gasteiger partial charge in [-0.1, -0.05) is 38.5 Å². The molecule has 0 aromatic carbocycles. The first kappa shape index (κ1) is 18.2. The van der Waals surface area contributed by atoms with Gasteiger partial charge in [-0.3, -0.25) is 9.59 Å². The number of rotatable bonds is 2. The lowest BCUT2D eigenvalue weighted by atomic mass is 9.56. The normalized spacial score (nSPS) is 41.2. The van der Waals surface area contributed by atoms with E-state index in [0.29, 0.717) is 23.5 Å². The SMILES string of the molecule is C/C=C\C1(C)/C(=C\C=O)CCC2C(C)CCC(=O)[C@@H](C)CCC21. The highest BCUT2D eigenvalue weighted by atomic mass is 16.1. The lowest BCUT2D eigenvalue weighted by molar-refractivity contribution is -0.122. The van der Waals surface area contributed by atoms with Gasteiger partial charge in [0.15, 0.2) is 0 Å². The third-order valence-electron chi connectivity index (χ3n) is 6.55. The molecule has 5 atom stereocenters.